The fourth-order valence-electron chi connectivity index (χ4n) is 3.09. The Morgan fingerprint density at radius 1 is 1.42 bits per heavy atom. The zero-order chi connectivity index (χ0) is 16.9. The molecule has 2 aromatic heterocycles. The van der Waals surface area contributed by atoms with Crippen molar-refractivity contribution in [2.75, 3.05) is 19.6 Å². The molecule has 0 aliphatic carbocycles. The van der Waals surface area contributed by atoms with Crippen LogP contribution < -0.4 is 5.32 Å². The molecule has 0 saturated carbocycles. The maximum Gasteiger partial charge on any atom is 0.269 e. The first kappa shape index (κ1) is 17.1. The van der Waals surface area contributed by atoms with Crippen LogP contribution in [0.2, 0.25) is 0 Å². The number of nitrogens with zero attached hydrogens (tertiary/aromatic N) is 4. The minimum atomic E-state index is -0.0352. The largest absolute Gasteiger partial charge is 0.350 e. The third-order valence-corrected chi connectivity index (χ3v) is 5.64. The predicted molar refractivity (Wildman–Crippen MR) is 95.0 cm³/mol. The second-order valence-electron chi connectivity index (χ2n) is 6.36. The van der Waals surface area contributed by atoms with E-state index in [-0.39, 0.29) is 5.91 Å². The van der Waals surface area contributed by atoms with E-state index in [0.29, 0.717) is 11.6 Å². The van der Waals surface area contributed by atoms with E-state index in [2.05, 4.69) is 32.6 Å². The molecule has 0 atom stereocenters. The van der Waals surface area contributed by atoms with Crippen LogP contribution in [0.5, 0.6) is 0 Å². The first-order valence-electron chi connectivity index (χ1n) is 8.57. The van der Waals surface area contributed by atoms with Crippen molar-refractivity contribution >= 4 is 17.2 Å². The molecule has 0 aromatic carbocycles. The Balaban J connectivity index is 1.40. The highest BCUT2D eigenvalue weighted by Gasteiger charge is 2.21. The summed E-state index contributed by atoms with van der Waals surface area (Å²) in [5, 5.41) is 10.5. The van der Waals surface area contributed by atoms with E-state index in [1.807, 2.05) is 0 Å². The van der Waals surface area contributed by atoms with Crippen LogP contribution in [0.25, 0.3) is 0 Å². The van der Waals surface area contributed by atoms with E-state index in [1.54, 1.807) is 35.3 Å². The number of likely N-dealkylation sites (tertiary alicyclic amines) is 1. The Morgan fingerprint density at radius 2 is 2.21 bits per heavy atom. The van der Waals surface area contributed by atoms with Crippen molar-refractivity contribution in [1.29, 1.82) is 0 Å². The number of hydrogen-bond donors (Lipinski definition) is 1. The minimum Gasteiger partial charge on any atom is -0.350 e. The summed E-state index contributed by atoms with van der Waals surface area (Å²) in [7, 11) is 1.79. The number of hydrogen-bond acceptors (Lipinski definition) is 5. The van der Waals surface area contributed by atoms with Gasteiger partial charge in [0, 0.05) is 31.7 Å². The highest BCUT2D eigenvalue weighted by molar-refractivity contribution is 7.09. The van der Waals surface area contributed by atoms with Gasteiger partial charge < -0.3 is 5.32 Å². The van der Waals surface area contributed by atoms with E-state index in [4.69, 9.17) is 0 Å². The highest BCUT2D eigenvalue weighted by atomic mass is 32.1. The van der Waals surface area contributed by atoms with E-state index >= 15 is 0 Å². The predicted octanol–water partition coefficient (Wildman–Crippen LogP) is 2.08. The molecule has 1 amide bonds. The fourth-order valence-corrected chi connectivity index (χ4v) is 3.82. The van der Waals surface area contributed by atoms with Crippen LogP contribution in [0, 0.1) is 5.92 Å². The van der Waals surface area contributed by atoms with Crippen molar-refractivity contribution in [1.82, 2.24) is 25.0 Å². The molecule has 3 heterocycles. The summed E-state index contributed by atoms with van der Waals surface area (Å²) in [6, 6.07) is 1.75. The summed E-state index contributed by atoms with van der Waals surface area (Å²) in [6.45, 7) is 5.99. The monoisotopic (exact) mass is 347 g/mol. The van der Waals surface area contributed by atoms with Crippen LogP contribution in [-0.2, 0) is 20.0 Å². The number of piperidine rings is 1. The Morgan fingerprint density at radius 3 is 2.83 bits per heavy atom. The molecule has 0 bridgehead atoms. The lowest BCUT2D eigenvalue weighted by molar-refractivity contribution is 0.0925. The van der Waals surface area contributed by atoms with E-state index in [9.17, 15) is 4.79 Å². The Bertz CT molecular complexity index is 672. The zero-order valence-corrected chi connectivity index (χ0v) is 15.2. The van der Waals surface area contributed by atoms with Gasteiger partial charge in [-0.1, -0.05) is 6.92 Å². The summed E-state index contributed by atoms with van der Waals surface area (Å²) < 4.78 is 1.61. The molecule has 1 aliphatic rings. The topological polar surface area (TPSA) is 63.1 Å². The summed E-state index contributed by atoms with van der Waals surface area (Å²) in [5.74, 6) is 0.520. The number of aryl methyl sites for hydroxylation is 2. The standard InChI is InChI=1S/C17H25N5OS/c1-3-16-20-14(12-24-16)11-22-8-5-13(6-9-22)10-18-17(23)15-4-7-19-21(15)2/h4,7,12-13H,3,5-6,8-11H2,1-2H3,(H,18,23). The molecule has 24 heavy (non-hydrogen) atoms. The van der Waals surface area contributed by atoms with E-state index in [1.165, 1.54) is 10.7 Å². The zero-order valence-electron chi connectivity index (χ0n) is 14.4. The molecule has 6 nitrogen and oxygen atoms in total. The normalized spacial score (nSPS) is 16.4. The SMILES string of the molecule is CCc1nc(CN2CCC(CNC(=O)c3ccnn3C)CC2)cs1. The molecular weight excluding hydrogens is 322 g/mol. The van der Waals surface area contributed by atoms with Gasteiger partial charge in [0.05, 0.1) is 10.7 Å². The molecule has 3 rings (SSSR count). The molecule has 7 heteroatoms. The summed E-state index contributed by atoms with van der Waals surface area (Å²) >= 11 is 1.76. The van der Waals surface area contributed by atoms with Gasteiger partial charge in [-0.3, -0.25) is 14.4 Å². The lowest BCUT2D eigenvalue weighted by Crippen LogP contribution is -2.38. The van der Waals surface area contributed by atoms with E-state index < -0.39 is 0 Å². The molecule has 2 aromatic rings. The molecule has 1 aliphatic heterocycles. The maximum absolute atomic E-state index is 12.1. The molecule has 130 valence electrons. The second-order valence-corrected chi connectivity index (χ2v) is 7.30. The molecule has 0 spiro atoms. The summed E-state index contributed by atoms with van der Waals surface area (Å²) in [6.07, 6.45) is 4.91. The van der Waals surface area contributed by atoms with Crippen LogP contribution in [0.3, 0.4) is 0 Å². The van der Waals surface area contributed by atoms with Crippen LogP contribution in [0.15, 0.2) is 17.6 Å². The summed E-state index contributed by atoms with van der Waals surface area (Å²) in [4.78, 5) is 19.2. The van der Waals surface area contributed by atoms with Gasteiger partial charge in [-0.25, -0.2) is 4.98 Å². The molecule has 1 N–H and O–H groups in total. The lowest BCUT2D eigenvalue weighted by atomic mass is 9.96. The highest BCUT2D eigenvalue weighted by Crippen LogP contribution is 2.19. The van der Waals surface area contributed by atoms with Crippen molar-refractivity contribution in [2.45, 2.75) is 32.7 Å². The second kappa shape index (κ2) is 7.90. The molecular formula is C17H25N5OS. The van der Waals surface area contributed by atoms with Crippen molar-refractivity contribution in [2.24, 2.45) is 13.0 Å². The lowest BCUT2D eigenvalue weighted by Gasteiger charge is -2.31. The van der Waals surface area contributed by atoms with Gasteiger partial charge in [-0.15, -0.1) is 11.3 Å². The maximum atomic E-state index is 12.1. The first-order valence-corrected chi connectivity index (χ1v) is 9.45. The number of thiazole rings is 1. The Labute approximate surface area is 146 Å². The average Bonchev–Trinajstić information content (AvgIpc) is 3.22. The quantitative estimate of drug-likeness (QED) is 0.869. The van der Waals surface area contributed by atoms with Crippen LogP contribution in [0.4, 0.5) is 0 Å². The van der Waals surface area contributed by atoms with Crippen LogP contribution >= 0.6 is 11.3 Å². The number of amides is 1. The van der Waals surface area contributed by atoms with Crippen molar-refractivity contribution in [3.05, 3.63) is 34.0 Å². The van der Waals surface area contributed by atoms with Gasteiger partial charge >= 0.3 is 0 Å². The molecule has 0 unspecified atom stereocenters. The van der Waals surface area contributed by atoms with Gasteiger partial charge in [0.25, 0.3) is 5.91 Å². The number of carbonyl (C=O) groups is 1. The first-order chi connectivity index (χ1) is 11.7. The molecule has 0 radical (unpaired) electrons. The number of rotatable bonds is 6. The number of aromatic nitrogens is 3. The minimum absolute atomic E-state index is 0.0352. The van der Waals surface area contributed by atoms with E-state index in [0.717, 1.165) is 45.4 Å². The van der Waals surface area contributed by atoms with Gasteiger partial charge in [0.15, 0.2) is 0 Å². The third kappa shape index (κ3) is 4.21. The molecule has 1 saturated heterocycles. The van der Waals surface area contributed by atoms with Crippen molar-refractivity contribution in [3.63, 3.8) is 0 Å². The van der Waals surface area contributed by atoms with Crippen molar-refractivity contribution in [3.8, 4) is 0 Å². The fraction of sp³-hybridized carbons (Fsp3) is 0.588. The Hall–Kier alpha value is -1.73. The number of carbonyl (C=O) groups excluding carboxylic acids is 1. The van der Waals surface area contributed by atoms with Gasteiger partial charge in [-0.2, -0.15) is 5.10 Å². The smallest absolute Gasteiger partial charge is 0.269 e. The number of nitrogens with one attached hydrogen (secondary N) is 1. The van der Waals surface area contributed by atoms with Gasteiger partial charge in [-0.05, 0) is 44.3 Å². The average molecular weight is 347 g/mol. The van der Waals surface area contributed by atoms with Crippen LogP contribution in [-0.4, -0.2) is 45.2 Å². The van der Waals surface area contributed by atoms with Crippen LogP contribution in [0.1, 0.15) is 41.0 Å². The molecule has 1 fully saturated rings. The van der Waals surface area contributed by atoms with Crippen molar-refractivity contribution < 1.29 is 4.79 Å². The summed E-state index contributed by atoms with van der Waals surface area (Å²) in [5.41, 5.74) is 1.81. The Kier molecular flexibility index (Phi) is 5.63. The van der Waals surface area contributed by atoms with Gasteiger partial charge in [0.1, 0.15) is 5.69 Å². The van der Waals surface area contributed by atoms with Gasteiger partial charge in [0.2, 0.25) is 0 Å². The third-order valence-electron chi connectivity index (χ3n) is 4.60.